The van der Waals surface area contributed by atoms with Gasteiger partial charge in [-0.3, -0.25) is 9.59 Å². The van der Waals surface area contributed by atoms with Crippen LogP contribution in [0.4, 0.5) is 0 Å². The highest BCUT2D eigenvalue weighted by molar-refractivity contribution is 5.85. The number of hydrogen-bond acceptors (Lipinski definition) is 4. The normalized spacial score (nSPS) is 18.0. The lowest BCUT2D eigenvalue weighted by atomic mass is 10.3. The molecule has 0 aromatic carbocycles. The number of ether oxygens (including phenoxy) is 1. The summed E-state index contributed by atoms with van der Waals surface area (Å²) in [4.78, 5) is 29.5. The van der Waals surface area contributed by atoms with Gasteiger partial charge in [0.2, 0.25) is 11.8 Å². The van der Waals surface area contributed by atoms with Crippen LogP contribution >= 0.6 is 0 Å². The number of carbonyl (C=O) groups excluding carboxylic acids is 2. The first-order chi connectivity index (χ1) is 11.1. The molecule has 1 fully saturated rings. The van der Waals surface area contributed by atoms with Gasteiger partial charge in [-0.1, -0.05) is 6.92 Å². The second kappa shape index (κ2) is 10.8. The van der Waals surface area contributed by atoms with E-state index in [9.17, 15) is 9.59 Å². The van der Waals surface area contributed by atoms with Gasteiger partial charge in [0.1, 0.15) is 6.54 Å². The maximum Gasteiger partial charge on any atom is 0.241 e. The van der Waals surface area contributed by atoms with E-state index < -0.39 is 0 Å². The Labute approximate surface area is 138 Å². The third kappa shape index (κ3) is 7.32. The number of rotatable bonds is 8. The zero-order valence-electron chi connectivity index (χ0n) is 14.4. The van der Waals surface area contributed by atoms with Crippen molar-refractivity contribution < 1.29 is 14.3 Å². The average Bonchev–Trinajstić information content (AvgIpc) is 3.01. The maximum absolute atomic E-state index is 11.7. The zero-order valence-corrected chi connectivity index (χ0v) is 14.4. The van der Waals surface area contributed by atoms with Gasteiger partial charge in [-0.25, -0.2) is 4.99 Å². The molecule has 0 aromatic rings. The standard InChI is InChI=1S/C15H29N5O3/c1-4-14(22)20-8-6-12(11-20)19-15(16-5-2)18-10-13(21)17-7-9-23-3/h12H,4-11H2,1-3H3,(H,17,21)(H2,16,18,19). The van der Waals surface area contributed by atoms with Gasteiger partial charge in [0.05, 0.1) is 6.61 Å². The third-order valence-electron chi connectivity index (χ3n) is 3.54. The van der Waals surface area contributed by atoms with Crippen molar-refractivity contribution >= 4 is 17.8 Å². The lowest BCUT2D eigenvalue weighted by Gasteiger charge is -2.18. The Morgan fingerprint density at radius 1 is 1.30 bits per heavy atom. The summed E-state index contributed by atoms with van der Waals surface area (Å²) in [5, 5.41) is 9.13. The van der Waals surface area contributed by atoms with Crippen LogP contribution in [0.3, 0.4) is 0 Å². The Morgan fingerprint density at radius 2 is 2.09 bits per heavy atom. The summed E-state index contributed by atoms with van der Waals surface area (Å²) in [7, 11) is 1.59. The molecule has 0 bridgehead atoms. The van der Waals surface area contributed by atoms with E-state index in [0.29, 0.717) is 38.6 Å². The van der Waals surface area contributed by atoms with Crippen LogP contribution in [-0.2, 0) is 14.3 Å². The lowest BCUT2D eigenvalue weighted by molar-refractivity contribution is -0.129. The van der Waals surface area contributed by atoms with Gasteiger partial charge >= 0.3 is 0 Å². The largest absolute Gasteiger partial charge is 0.383 e. The van der Waals surface area contributed by atoms with Crippen molar-refractivity contribution in [1.29, 1.82) is 0 Å². The van der Waals surface area contributed by atoms with Crippen LogP contribution in [0.15, 0.2) is 4.99 Å². The highest BCUT2D eigenvalue weighted by Crippen LogP contribution is 2.10. The quantitative estimate of drug-likeness (QED) is 0.312. The summed E-state index contributed by atoms with van der Waals surface area (Å²) in [5.74, 6) is 0.632. The zero-order chi connectivity index (χ0) is 17.1. The van der Waals surface area contributed by atoms with Crippen molar-refractivity contribution in [2.75, 3.05) is 46.4 Å². The number of nitrogens with one attached hydrogen (secondary N) is 3. The van der Waals surface area contributed by atoms with E-state index in [-0.39, 0.29) is 24.4 Å². The molecule has 8 heteroatoms. The molecule has 1 heterocycles. The van der Waals surface area contributed by atoms with Gasteiger partial charge in [0, 0.05) is 45.8 Å². The number of amides is 2. The van der Waals surface area contributed by atoms with Crippen molar-refractivity contribution in [2.24, 2.45) is 4.99 Å². The predicted octanol–water partition coefficient (Wildman–Crippen LogP) is -0.685. The minimum absolute atomic E-state index is 0.0589. The van der Waals surface area contributed by atoms with Gasteiger partial charge in [-0.05, 0) is 13.3 Å². The number of guanidine groups is 1. The molecule has 0 spiro atoms. The first-order valence-electron chi connectivity index (χ1n) is 8.18. The van der Waals surface area contributed by atoms with Gasteiger partial charge in [0.15, 0.2) is 5.96 Å². The van der Waals surface area contributed by atoms with E-state index in [1.807, 2.05) is 18.7 Å². The van der Waals surface area contributed by atoms with Crippen molar-refractivity contribution in [2.45, 2.75) is 32.7 Å². The molecule has 1 atom stereocenters. The molecule has 8 nitrogen and oxygen atoms in total. The Kier molecular flexibility index (Phi) is 9.04. The molecule has 0 aliphatic carbocycles. The molecule has 1 aliphatic rings. The van der Waals surface area contributed by atoms with Crippen molar-refractivity contribution in [3.8, 4) is 0 Å². The summed E-state index contributed by atoms with van der Waals surface area (Å²) in [6.45, 7) is 7.01. The average molecular weight is 327 g/mol. The molecular formula is C15H29N5O3. The van der Waals surface area contributed by atoms with E-state index in [4.69, 9.17) is 4.74 Å². The van der Waals surface area contributed by atoms with E-state index in [1.165, 1.54) is 0 Å². The highest BCUT2D eigenvalue weighted by Gasteiger charge is 2.25. The summed E-state index contributed by atoms with van der Waals surface area (Å²) < 4.78 is 4.88. The minimum atomic E-state index is -0.145. The van der Waals surface area contributed by atoms with Crippen molar-refractivity contribution in [3.63, 3.8) is 0 Å². The van der Waals surface area contributed by atoms with E-state index in [2.05, 4.69) is 20.9 Å². The van der Waals surface area contributed by atoms with Crippen LogP contribution in [0.25, 0.3) is 0 Å². The number of carbonyl (C=O) groups is 2. The summed E-state index contributed by atoms with van der Waals surface area (Å²) in [6.07, 6.45) is 1.42. The Morgan fingerprint density at radius 3 is 2.74 bits per heavy atom. The van der Waals surface area contributed by atoms with Crippen LogP contribution < -0.4 is 16.0 Å². The van der Waals surface area contributed by atoms with Crippen molar-refractivity contribution in [1.82, 2.24) is 20.9 Å². The first kappa shape index (κ1) is 19.2. The highest BCUT2D eigenvalue weighted by atomic mass is 16.5. The van der Waals surface area contributed by atoms with Crippen LogP contribution in [0.2, 0.25) is 0 Å². The summed E-state index contributed by atoms with van der Waals surface area (Å²) in [5.41, 5.74) is 0. The molecule has 132 valence electrons. The number of likely N-dealkylation sites (tertiary alicyclic amines) is 1. The molecule has 0 radical (unpaired) electrons. The second-order valence-electron chi connectivity index (χ2n) is 5.36. The predicted molar refractivity (Wildman–Crippen MR) is 89.3 cm³/mol. The topological polar surface area (TPSA) is 95.1 Å². The van der Waals surface area contributed by atoms with Gasteiger partial charge < -0.3 is 25.6 Å². The minimum Gasteiger partial charge on any atom is -0.383 e. The molecule has 1 aliphatic heterocycles. The van der Waals surface area contributed by atoms with Gasteiger partial charge in [-0.2, -0.15) is 0 Å². The number of aliphatic imine (C=N–C) groups is 1. The SMILES string of the molecule is CCNC(=NCC(=O)NCCOC)NC1CCN(C(=O)CC)C1. The lowest BCUT2D eigenvalue weighted by Crippen LogP contribution is -2.45. The molecule has 1 unspecified atom stereocenters. The maximum atomic E-state index is 11.7. The van der Waals surface area contributed by atoms with Crippen molar-refractivity contribution in [3.05, 3.63) is 0 Å². The third-order valence-corrected chi connectivity index (χ3v) is 3.54. The second-order valence-corrected chi connectivity index (χ2v) is 5.36. The molecule has 0 aromatic heterocycles. The van der Waals surface area contributed by atoms with E-state index >= 15 is 0 Å². The monoisotopic (exact) mass is 327 g/mol. The summed E-state index contributed by atoms with van der Waals surface area (Å²) >= 11 is 0. The molecular weight excluding hydrogens is 298 g/mol. The number of methoxy groups -OCH3 is 1. The Hall–Kier alpha value is -1.83. The van der Waals surface area contributed by atoms with E-state index in [0.717, 1.165) is 13.0 Å². The first-order valence-corrected chi connectivity index (χ1v) is 8.18. The van der Waals surface area contributed by atoms with Crippen LogP contribution in [0, 0.1) is 0 Å². The Bertz CT molecular complexity index is 414. The molecule has 3 N–H and O–H groups in total. The smallest absolute Gasteiger partial charge is 0.241 e. The van der Waals surface area contributed by atoms with Gasteiger partial charge in [-0.15, -0.1) is 0 Å². The number of hydrogen-bond donors (Lipinski definition) is 3. The number of nitrogens with zero attached hydrogens (tertiary/aromatic N) is 2. The van der Waals surface area contributed by atoms with Crippen LogP contribution in [0.5, 0.6) is 0 Å². The van der Waals surface area contributed by atoms with Gasteiger partial charge in [0.25, 0.3) is 0 Å². The molecule has 0 saturated carbocycles. The molecule has 1 saturated heterocycles. The molecule has 23 heavy (non-hydrogen) atoms. The van der Waals surface area contributed by atoms with Crippen LogP contribution in [0.1, 0.15) is 26.7 Å². The fraction of sp³-hybridized carbons (Fsp3) is 0.800. The fourth-order valence-corrected chi connectivity index (χ4v) is 2.34. The fourth-order valence-electron chi connectivity index (χ4n) is 2.34. The van der Waals surface area contributed by atoms with Crippen LogP contribution in [-0.4, -0.2) is 75.2 Å². The summed E-state index contributed by atoms with van der Waals surface area (Å²) in [6, 6.07) is 0.167. The van der Waals surface area contributed by atoms with E-state index in [1.54, 1.807) is 7.11 Å². The molecule has 2 amide bonds. The molecule has 1 rings (SSSR count). The Balaban J connectivity index is 2.43.